The highest BCUT2D eigenvalue weighted by molar-refractivity contribution is 7.46. The van der Waals surface area contributed by atoms with E-state index >= 15 is 0 Å². The molecule has 0 saturated carbocycles. The summed E-state index contributed by atoms with van der Waals surface area (Å²) in [7, 11) is -2.97. The highest BCUT2D eigenvalue weighted by Crippen LogP contribution is 2.35. The lowest BCUT2D eigenvalue weighted by atomic mass is 10.6. The number of phosphoric acid groups is 1. The number of nitrogens with zero attached hydrogens (tertiary/aromatic N) is 2. The third-order valence-corrected chi connectivity index (χ3v) is 1.80. The Morgan fingerprint density at radius 3 is 2.60 bits per heavy atom. The molecule has 0 radical (unpaired) electrons. The largest absolute Gasteiger partial charge is 0.527 e. The fourth-order valence-electron chi connectivity index (χ4n) is 0.906. The molecule has 0 aliphatic heterocycles. The van der Waals surface area contributed by atoms with E-state index in [-0.39, 0.29) is 19.0 Å². The van der Waals surface area contributed by atoms with E-state index in [1.165, 1.54) is 4.57 Å². The zero-order valence-electron chi connectivity index (χ0n) is 7.81. The summed E-state index contributed by atoms with van der Waals surface area (Å²) in [6.45, 7) is -0.230. The number of aromatic nitrogens is 2. The first-order valence-corrected chi connectivity index (χ1v) is 5.19. The van der Waals surface area contributed by atoms with Crippen molar-refractivity contribution in [2.75, 3.05) is 0 Å². The number of hydrogen-bond donors (Lipinski definition) is 2. The summed E-state index contributed by atoms with van der Waals surface area (Å²) in [5.41, 5.74) is 0. The molecule has 0 spiro atoms. The van der Waals surface area contributed by atoms with Crippen LogP contribution < -0.4 is 4.57 Å². The van der Waals surface area contributed by atoms with E-state index in [0.717, 1.165) is 0 Å². The molecule has 1 aromatic rings. The summed E-state index contributed by atoms with van der Waals surface area (Å²) in [6, 6.07) is 0. The van der Waals surface area contributed by atoms with Gasteiger partial charge in [0.05, 0.1) is 7.05 Å². The smallest absolute Gasteiger partial charge is 0.368 e. The van der Waals surface area contributed by atoms with Crippen molar-refractivity contribution >= 4 is 26.2 Å². The first-order valence-electron chi connectivity index (χ1n) is 3.66. The molecule has 0 bridgehead atoms. The second-order valence-electron chi connectivity index (χ2n) is 2.71. The van der Waals surface area contributed by atoms with Crippen molar-refractivity contribution in [2.45, 2.75) is 6.54 Å². The number of carbonyl (C=O) groups is 1. The van der Waals surface area contributed by atoms with Gasteiger partial charge in [-0.1, -0.05) is 0 Å². The minimum atomic E-state index is -4.72. The molecule has 9 heteroatoms. The Morgan fingerprint density at radius 1 is 1.60 bits per heavy atom. The average molecular weight is 258 g/mol. The van der Waals surface area contributed by atoms with Gasteiger partial charge < -0.3 is 4.52 Å². The molecular weight excluding hydrogens is 247 g/mol. The third-order valence-electron chi connectivity index (χ3n) is 1.36. The van der Waals surface area contributed by atoms with Crippen molar-refractivity contribution in [1.82, 2.24) is 4.57 Å². The monoisotopic (exact) mass is 257 g/mol. The minimum Gasteiger partial charge on any atom is -0.368 e. The Bertz CT molecular complexity index is 387. The fraction of sp³-hybridized carbons (Fsp3) is 0.333. The van der Waals surface area contributed by atoms with Gasteiger partial charge in [0.25, 0.3) is 0 Å². The summed E-state index contributed by atoms with van der Waals surface area (Å²) >= 11 is 0. The van der Waals surface area contributed by atoms with E-state index in [9.17, 15) is 9.36 Å². The van der Waals surface area contributed by atoms with Crippen molar-refractivity contribution in [2.24, 2.45) is 7.05 Å². The molecule has 0 aliphatic rings. The molecule has 0 fully saturated rings. The van der Waals surface area contributed by atoms with Gasteiger partial charge >= 0.3 is 13.8 Å². The number of halogens is 1. The van der Waals surface area contributed by atoms with Crippen LogP contribution in [0.15, 0.2) is 18.7 Å². The molecule has 1 aromatic heterocycles. The number of rotatable bonds is 3. The van der Waals surface area contributed by atoms with Gasteiger partial charge in [0.2, 0.25) is 6.33 Å². The lowest BCUT2D eigenvalue weighted by Gasteiger charge is -2.02. The molecule has 0 atom stereocenters. The third kappa shape index (κ3) is 5.54. The lowest BCUT2D eigenvalue weighted by Crippen LogP contribution is -2.36. The van der Waals surface area contributed by atoms with Crippen LogP contribution in [0.1, 0.15) is 0 Å². The fourth-order valence-corrected chi connectivity index (χ4v) is 1.23. The second-order valence-corrected chi connectivity index (χ2v) is 3.87. The van der Waals surface area contributed by atoms with Crippen LogP contribution >= 0.6 is 20.2 Å². The van der Waals surface area contributed by atoms with E-state index in [1.54, 1.807) is 30.3 Å². The van der Waals surface area contributed by atoms with E-state index < -0.39 is 13.8 Å². The van der Waals surface area contributed by atoms with E-state index in [4.69, 9.17) is 9.79 Å². The van der Waals surface area contributed by atoms with E-state index in [1.807, 2.05) is 0 Å². The summed E-state index contributed by atoms with van der Waals surface area (Å²) in [5, 5.41) is 0. The van der Waals surface area contributed by atoms with Gasteiger partial charge in [0, 0.05) is 0 Å². The molecule has 1 heterocycles. The predicted octanol–water partition coefficient (Wildman–Crippen LogP) is -0.630. The highest BCUT2D eigenvalue weighted by Gasteiger charge is 2.21. The first kappa shape index (κ1) is 14.1. The number of hydrogen-bond acceptors (Lipinski definition) is 3. The van der Waals surface area contributed by atoms with Gasteiger partial charge in [0.1, 0.15) is 12.4 Å². The van der Waals surface area contributed by atoms with Gasteiger partial charge in [-0.2, -0.15) is 0 Å². The Kier molecular flexibility index (Phi) is 4.96. The van der Waals surface area contributed by atoms with Crippen molar-refractivity contribution in [1.29, 1.82) is 0 Å². The molecule has 86 valence electrons. The van der Waals surface area contributed by atoms with Crippen LogP contribution in [0.3, 0.4) is 0 Å². The van der Waals surface area contributed by atoms with Gasteiger partial charge in [0.15, 0.2) is 6.54 Å². The molecule has 0 unspecified atom stereocenters. The van der Waals surface area contributed by atoms with Crippen LogP contribution in [0.25, 0.3) is 0 Å². The molecule has 0 aliphatic carbocycles. The molecule has 1 rings (SSSR count). The van der Waals surface area contributed by atoms with Crippen LogP contribution in [0.4, 0.5) is 0 Å². The number of aryl methyl sites for hydroxylation is 1. The Labute approximate surface area is 91.9 Å². The number of imidazole rings is 1. The van der Waals surface area contributed by atoms with Crippen LogP contribution in [0, 0.1) is 0 Å². The Hall–Kier alpha value is -0.880. The zero-order valence-corrected chi connectivity index (χ0v) is 9.52. The summed E-state index contributed by atoms with van der Waals surface area (Å²) in [6.07, 6.45) is 4.85. The van der Waals surface area contributed by atoms with Crippen molar-refractivity contribution in [3.63, 3.8) is 0 Å². The van der Waals surface area contributed by atoms with Crippen LogP contribution in [0.2, 0.25) is 0 Å². The maximum Gasteiger partial charge on any atom is 0.527 e. The van der Waals surface area contributed by atoms with Crippen LogP contribution in [-0.4, -0.2) is 20.3 Å². The average Bonchev–Trinajstić information content (AvgIpc) is 2.30. The van der Waals surface area contributed by atoms with E-state index in [2.05, 4.69) is 4.52 Å². The van der Waals surface area contributed by atoms with Crippen LogP contribution in [0.5, 0.6) is 0 Å². The second kappa shape index (κ2) is 5.27. The van der Waals surface area contributed by atoms with Crippen molar-refractivity contribution in [3.8, 4) is 0 Å². The Morgan fingerprint density at radius 2 is 2.20 bits per heavy atom. The van der Waals surface area contributed by atoms with Gasteiger partial charge in [-0.05, 0) is 0 Å². The number of carbonyl (C=O) groups excluding carboxylic acids is 1. The molecule has 2 N–H and O–H groups in total. The lowest BCUT2D eigenvalue weighted by molar-refractivity contribution is -0.685. The molecule has 0 saturated heterocycles. The molecular formula is C6H11ClN2O5P+. The maximum absolute atomic E-state index is 10.9. The van der Waals surface area contributed by atoms with Crippen LogP contribution in [-0.2, 0) is 27.5 Å². The maximum atomic E-state index is 10.9. The zero-order chi connectivity index (χ0) is 10.8. The molecule has 7 nitrogen and oxygen atoms in total. The topological polar surface area (TPSA) is 92.6 Å². The van der Waals surface area contributed by atoms with Crippen molar-refractivity contribution in [3.05, 3.63) is 18.7 Å². The SMILES string of the molecule is Cl.Cn1cc[n+](CC(=O)OP(=O)(O)O)c1. The predicted molar refractivity (Wildman–Crippen MR) is 51.0 cm³/mol. The van der Waals surface area contributed by atoms with Gasteiger partial charge in [-0.15, -0.1) is 12.4 Å². The molecule has 15 heavy (non-hydrogen) atoms. The van der Waals surface area contributed by atoms with E-state index in [0.29, 0.717) is 0 Å². The molecule has 0 amide bonds. The Balaban J connectivity index is 0.00000196. The summed E-state index contributed by atoms with van der Waals surface area (Å²) < 4.78 is 17.3. The van der Waals surface area contributed by atoms with Gasteiger partial charge in [-0.3, -0.25) is 9.79 Å². The normalized spacial score (nSPS) is 10.6. The van der Waals surface area contributed by atoms with Crippen molar-refractivity contribution < 1.29 is 28.2 Å². The minimum absolute atomic E-state index is 0. The summed E-state index contributed by atoms with van der Waals surface area (Å²) in [4.78, 5) is 27.5. The highest BCUT2D eigenvalue weighted by atomic mass is 35.5. The van der Waals surface area contributed by atoms with Gasteiger partial charge in [-0.25, -0.2) is 18.5 Å². The standard InChI is InChI=1S/C6H9N2O5P.ClH/c1-7-2-3-8(5-7)4-6(9)13-14(10,11)12;/h2-3,5H,4H2,1H3,(H-,10,11,12);1H/p+1. The first-order chi connectivity index (χ1) is 6.37. The summed E-state index contributed by atoms with van der Waals surface area (Å²) in [5.74, 6) is -0.977. The quantitative estimate of drug-likeness (QED) is 0.556. The number of phosphoric ester groups is 1. The molecule has 0 aromatic carbocycles.